The van der Waals surface area contributed by atoms with E-state index in [1.807, 2.05) is 12.1 Å². The molecule has 1 aromatic heterocycles. The van der Waals surface area contributed by atoms with Crippen molar-refractivity contribution in [3.05, 3.63) is 163 Å². The third kappa shape index (κ3) is 4.03. The largest absolute Gasteiger partial charge is 0.456 e. The molecule has 7 aromatic carbocycles. The summed E-state index contributed by atoms with van der Waals surface area (Å²) in [6.07, 6.45) is 0. The van der Waals surface area contributed by atoms with E-state index >= 15 is 0 Å². The Balaban J connectivity index is 1.26. The topological polar surface area (TPSA) is 16.4 Å². The zero-order valence-electron chi connectivity index (χ0n) is 25.3. The van der Waals surface area contributed by atoms with Gasteiger partial charge in [-0.05, 0) is 98.8 Å². The number of fused-ring (bicyclic) bond motifs is 7. The van der Waals surface area contributed by atoms with E-state index in [4.69, 9.17) is 4.42 Å². The second-order valence-electron chi connectivity index (χ2n) is 12.6. The van der Waals surface area contributed by atoms with Gasteiger partial charge in [-0.3, -0.25) is 0 Å². The lowest BCUT2D eigenvalue weighted by Crippen LogP contribution is -2.15. The zero-order chi connectivity index (χ0) is 30.1. The minimum atomic E-state index is -0.0375. The molecule has 1 aliphatic rings. The molecule has 214 valence electrons. The fraction of sp³-hybridized carbons (Fsp3) is 0.0698. The number of rotatable bonds is 4. The molecule has 1 heterocycles. The van der Waals surface area contributed by atoms with Crippen LogP contribution in [0.4, 0.5) is 17.1 Å². The van der Waals surface area contributed by atoms with Crippen molar-refractivity contribution in [1.29, 1.82) is 0 Å². The third-order valence-corrected chi connectivity index (χ3v) is 9.61. The van der Waals surface area contributed by atoms with Crippen molar-refractivity contribution in [2.45, 2.75) is 19.3 Å². The molecule has 0 spiro atoms. The van der Waals surface area contributed by atoms with Gasteiger partial charge >= 0.3 is 0 Å². The number of anilines is 3. The van der Waals surface area contributed by atoms with Crippen LogP contribution in [-0.2, 0) is 5.41 Å². The maximum atomic E-state index is 6.21. The number of benzene rings is 7. The van der Waals surface area contributed by atoms with E-state index in [0.717, 1.165) is 44.4 Å². The van der Waals surface area contributed by atoms with Crippen LogP contribution in [0, 0.1) is 0 Å². The van der Waals surface area contributed by atoms with E-state index < -0.39 is 0 Å². The minimum Gasteiger partial charge on any atom is -0.456 e. The lowest BCUT2D eigenvalue weighted by Gasteiger charge is -2.28. The summed E-state index contributed by atoms with van der Waals surface area (Å²) < 4.78 is 6.21. The lowest BCUT2D eigenvalue weighted by molar-refractivity contribution is 0.660. The Hall–Kier alpha value is -5.60. The molecule has 2 heteroatoms. The van der Waals surface area contributed by atoms with E-state index in [9.17, 15) is 0 Å². The first-order chi connectivity index (χ1) is 22.0. The average molecular weight is 578 g/mol. The number of hydrogen-bond donors (Lipinski definition) is 0. The van der Waals surface area contributed by atoms with Crippen molar-refractivity contribution < 1.29 is 4.42 Å². The molecule has 2 nitrogen and oxygen atoms in total. The Labute approximate surface area is 262 Å². The van der Waals surface area contributed by atoms with Crippen molar-refractivity contribution in [2.24, 2.45) is 0 Å². The van der Waals surface area contributed by atoms with Crippen LogP contribution >= 0.6 is 0 Å². The van der Waals surface area contributed by atoms with Gasteiger partial charge in [0.1, 0.15) is 11.2 Å². The van der Waals surface area contributed by atoms with Crippen LogP contribution in [0.5, 0.6) is 0 Å². The molecule has 0 N–H and O–H groups in total. The third-order valence-electron chi connectivity index (χ3n) is 9.61. The maximum Gasteiger partial charge on any atom is 0.136 e. The van der Waals surface area contributed by atoms with Gasteiger partial charge in [0.2, 0.25) is 0 Å². The van der Waals surface area contributed by atoms with E-state index in [-0.39, 0.29) is 5.41 Å². The van der Waals surface area contributed by atoms with E-state index in [0.29, 0.717) is 0 Å². The molecular weight excluding hydrogens is 546 g/mol. The number of hydrogen-bond acceptors (Lipinski definition) is 2. The molecule has 8 aromatic rings. The summed E-state index contributed by atoms with van der Waals surface area (Å²) in [5.41, 5.74) is 13.0. The minimum absolute atomic E-state index is 0.0375. The van der Waals surface area contributed by atoms with Crippen LogP contribution in [0.2, 0.25) is 0 Å². The average Bonchev–Trinajstić information content (AvgIpc) is 3.55. The van der Waals surface area contributed by atoms with Crippen molar-refractivity contribution >= 4 is 49.8 Å². The van der Waals surface area contributed by atoms with Crippen molar-refractivity contribution in [3.63, 3.8) is 0 Å². The second-order valence-corrected chi connectivity index (χ2v) is 12.6. The lowest BCUT2D eigenvalue weighted by atomic mass is 9.82. The summed E-state index contributed by atoms with van der Waals surface area (Å²) >= 11 is 0. The van der Waals surface area contributed by atoms with Crippen LogP contribution < -0.4 is 4.90 Å². The molecule has 0 unspecified atom stereocenters. The van der Waals surface area contributed by atoms with Gasteiger partial charge in [0.15, 0.2) is 0 Å². The first-order valence-electron chi connectivity index (χ1n) is 15.6. The molecule has 0 fully saturated rings. The first-order valence-corrected chi connectivity index (χ1v) is 15.6. The Kier molecular flexibility index (Phi) is 5.58. The van der Waals surface area contributed by atoms with E-state index in [1.54, 1.807) is 0 Å². The molecule has 0 radical (unpaired) electrons. The fourth-order valence-electron chi connectivity index (χ4n) is 7.34. The van der Waals surface area contributed by atoms with Crippen molar-refractivity contribution in [1.82, 2.24) is 0 Å². The Morgan fingerprint density at radius 2 is 1.16 bits per heavy atom. The fourth-order valence-corrected chi connectivity index (χ4v) is 7.34. The molecule has 0 bridgehead atoms. The molecule has 9 rings (SSSR count). The highest BCUT2D eigenvalue weighted by atomic mass is 16.3. The highest BCUT2D eigenvalue weighted by Crippen LogP contribution is 2.50. The standard InChI is InChI=1S/C43H31NO/c1-43(2)39-17-8-6-15-35(39)37-27-34(21-22-40(37)43)44(32-14-10-13-29(23-32)28-11-4-3-5-12-28)33-20-19-30-26-42-38(25-31(30)24-33)36-16-7-9-18-41(36)45-42/h3-27H,1-2H3. The summed E-state index contributed by atoms with van der Waals surface area (Å²) in [7, 11) is 0. The molecule has 0 saturated heterocycles. The van der Waals surface area contributed by atoms with Crippen LogP contribution in [0.3, 0.4) is 0 Å². The van der Waals surface area contributed by atoms with Gasteiger partial charge in [0.25, 0.3) is 0 Å². The number of para-hydroxylation sites is 1. The summed E-state index contributed by atoms with van der Waals surface area (Å²) in [5.74, 6) is 0. The Morgan fingerprint density at radius 3 is 2.07 bits per heavy atom. The maximum absolute atomic E-state index is 6.21. The highest BCUT2D eigenvalue weighted by Gasteiger charge is 2.35. The Morgan fingerprint density at radius 1 is 0.444 bits per heavy atom. The van der Waals surface area contributed by atoms with Gasteiger partial charge in [0, 0.05) is 33.2 Å². The van der Waals surface area contributed by atoms with Crippen LogP contribution in [0.15, 0.2) is 156 Å². The molecule has 45 heavy (non-hydrogen) atoms. The second kappa shape index (κ2) is 9.70. The van der Waals surface area contributed by atoms with E-state index in [1.165, 1.54) is 38.8 Å². The van der Waals surface area contributed by atoms with Gasteiger partial charge in [0.05, 0.1) is 0 Å². The molecule has 0 amide bonds. The smallest absolute Gasteiger partial charge is 0.136 e. The summed E-state index contributed by atoms with van der Waals surface area (Å²) in [6.45, 7) is 4.67. The Bertz CT molecular complexity index is 2410. The predicted molar refractivity (Wildman–Crippen MR) is 189 cm³/mol. The summed E-state index contributed by atoms with van der Waals surface area (Å²) in [6, 6.07) is 54.9. The van der Waals surface area contributed by atoms with Gasteiger partial charge in [-0.25, -0.2) is 0 Å². The monoisotopic (exact) mass is 577 g/mol. The van der Waals surface area contributed by atoms with Gasteiger partial charge in [-0.15, -0.1) is 0 Å². The van der Waals surface area contributed by atoms with Crippen molar-refractivity contribution in [3.8, 4) is 22.3 Å². The highest BCUT2D eigenvalue weighted by molar-refractivity contribution is 6.10. The molecule has 0 aliphatic heterocycles. The van der Waals surface area contributed by atoms with Crippen LogP contribution in [0.1, 0.15) is 25.0 Å². The summed E-state index contributed by atoms with van der Waals surface area (Å²) in [5, 5.41) is 4.63. The van der Waals surface area contributed by atoms with Gasteiger partial charge < -0.3 is 9.32 Å². The van der Waals surface area contributed by atoms with Gasteiger partial charge in [-0.1, -0.05) is 111 Å². The zero-order valence-corrected chi connectivity index (χ0v) is 25.3. The number of furan rings is 1. The van der Waals surface area contributed by atoms with Crippen LogP contribution in [0.25, 0.3) is 55.0 Å². The molecular formula is C43H31NO. The van der Waals surface area contributed by atoms with E-state index in [2.05, 4.69) is 158 Å². The molecule has 0 saturated carbocycles. The quantitative estimate of drug-likeness (QED) is 0.207. The summed E-state index contributed by atoms with van der Waals surface area (Å²) in [4.78, 5) is 2.40. The normalized spacial score (nSPS) is 13.3. The first kappa shape index (κ1) is 25.9. The molecule has 1 aliphatic carbocycles. The van der Waals surface area contributed by atoms with Crippen molar-refractivity contribution in [2.75, 3.05) is 4.90 Å². The molecule has 0 atom stereocenters. The van der Waals surface area contributed by atoms with Gasteiger partial charge in [-0.2, -0.15) is 0 Å². The number of nitrogens with zero attached hydrogens (tertiary/aromatic N) is 1. The van der Waals surface area contributed by atoms with Crippen LogP contribution in [-0.4, -0.2) is 0 Å². The SMILES string of the molecule is CC1(C)c2ccccc2-c2cc(N(c3cccc(-c4ccccc4)c3)c3ccc4cc5oc6ccccc6c5cc4c3)ccc21. The predicted octanol–water partition coefficient (Wildman–Crippen LogP) is 12.2.